The number of hydrogen-bond donors (Lipinski definition) is 2. The van der Waals surface area contributed by atoms with Crippen molar-refractivity contribution in [3.63, 3.8) is 0 Å². The largest absolute Gasteiger partial charge is 0.335 e. The molecule has 0 atom stereocenters. The van der Waals surface area contributed by atoms with Crippen molar-refractivity contribution in [1.82, 2.24) is 4.98 Å². The molecule has 0 aliphatic heterocycles. The fourth-order valence-corrected chi connectivity index (χ4v) is 3.14. The molecule has 0 bridgehead atoms. The Morgan fingerprint density at radius 2 is 1.50 bits per heavy atom. The number of benzene rings is 2. The van der Waals surface area contributed by atoms with E-state index in [1.807, 2.05) is 0 Å². The zero-order chi connectivity index (χ0) is 18.7. The van der Waals surface area contributed by atoms with Crippen LogP contribution in [-0.2, 0) is 10.0 Å². The lowest BCUT2D eigenvalue weighted by molar-refractivity contribution is 0.590. The molecular weight excluding hydrogens is 367 g/mol. The van der Waals surface area contributed by atoms with E-state index < -0.39 is 27.5 Å². The Hall–Kier alpha value is -3.07. The van der Waals surface area contributed by atoms with Gasteiger partial charge >= 0.3 is 0 Å². The topological polar surface area (TPSA) is 71.1 Å². The number of para-hydroxylation sites is 1. The minimum atomic E-state index is -3.91. The number of nitrogens with one attached hydrogen (secondary N) is 2. The van der Waals surface area contributed by atoms with Crippen LogP contribution in [0.25, 0.3) is 0 Å². The van der Waals surface area contributed by atoms with Gasteiger partial charge < -0.3 is 5.32 Å². The minimum absolute atomic E-state index is 0.116. The first-order valence-electron chi connectivity index (χ1n) is 7.31. The molecule has 0 saturated carbocycles. The van der Waals surface area contributed by atoms with Gasteiger partial charge in [-0.25, -0.2) is 26.6 Å². The van der Waals surface area contributed by atoms with Gasteiger partial charge in [0.2, 0.25) is 0 Å². The van der Waals surface area contributed by atoms with E-state index in [1.165, 1.54) is 24.4 Å². The number of pyridine rings is 1. The molecule has 3 aromatic rings. The fraction of sp³-hybridized carbons (Fsp3) is 0. The Morgan fingerprint density at radius 3 is 2.08 bits per heavy atom. The maximum Gasteiger partial charge on any atom is 0.261 e. The summed E-state index contributed by atoms with van der Waals surface area (Å²) < 4.78 is 66.8. The van der Waals surface area contributed by atoms with Gasteiger partial charge in [-0.1, -0.05) is 6.07 Å². The van der Waals surface area contributed by atoms with Crippen molar-refractivity contribution in [2.45, 2.75) is 4.90 Å². The van der Waals surface area contributed by atoms with E-state index in [1.54, 1.807) is 0 Å². The second kappa shape index (κ2) is 7.04. The molecule has 0 amide bonds. The van der Waals surface area contributed by atoms with Gasteiger partial charge in [-0.3, -0.25) is 4.72 Å². The fourth-order valence-electron chi connectivity index (χ4n) is 2.10. The van der Waals surface area contributed by atoms with Crippen LogP contribution in [-0.4, -0.2) is 13.4 Å². The summed E-state index contributed by atoms with van der Waals surface area (Å²) >= 11 is 0. The number of aromatic nitrogens is 1. The predicted octanol–water partition coefficient (Wildman–Crippen LogP) is 4.04. The van der Waals surface area contributed by atoms with E-state index in [9.17, 15) is 21.6 Å². The van der Waals surface area contributed by atoms with Gasteiger partial charge in [0.25, 0.3) is 10.0 Å². The van der Waals surface area contributed by atoms with E-state index in [0.29, 0.717) is 0 Å². The third-order valence-electron chi connectivity index (χ3n) is 3.36. The lowest BCUT2D eigenvalue weighted by Crippen LogP contribution is -2.13. The van der Waals surface area contributed by atoms with Crippen molar-refractivity contribution >= 4 is 27.2 Å². The lowest BCUT2D eigenvalue weighted by atomic mass is 10.3. The van der Waals surface area contributed by atoms with E-state index in [4.69, 9.17) is 0 Å². The summed E-state index contributed by atoms with van der Waals surface area (Å²) in [6.07, 6.45) is 1.18. The number of anilines is 3. The molecule has 5 nitrogen and oxygen atoms in total. The van der Waals surface area contributed by atoms with E-state index >= 15 is 0 Å². The van der Waals surface area contributed by atoms with Crippen LogP contribution in [0.4, 0.5) is 30.4 Å². The van der Waals surface area contributed by atoms with Gasteiger partial charge in [-0.15, -0.1) is 0 Å². The number of sulfonamides is 1. The molecule has 1 heterocycles. The first-order chi connectivity index (χ1) is 12.3. The summed E-state index contributed by atoms with van der Waals surface area (Å²) in [5, 5.41) is 2.49. The zero-order valence-corrected chi connectivity index (χ0v) is 13.9. The monoisotopic (exact) mass is 379 g/mol. The van der Waals surface area contributed by atoms with Crippen molar-refractivity contribution in [2.24, 2.45) is 0 Å². The molecule has 0 radical (unpaired) electrons. The summed E-state index contributed by atoms with van der Waals surface area (Å²) in [6.45, 7) is 0. The summed E-state index contributed by atoms with van der Waals surface area (Å²) in [6, 6.07) is 10.5. The number of nitrogens with zero attached hydrogens (tertiary/aromatic N) is 1. The Balaban J connectivity index is 1.76. The maximum absolute atomic E-state index is 13.6. The molecule has 9 heteroatoms. The van der Waals surface area contributed by atoms with Crippen LogP contribution in [0.15, 0.2) is 65.7 Å². The highest BCUT2D eigenvalue weighted by Crippen LogP contribution is 2.23. The van der Waals surface area contributed by atoms with Crippen LogP contribution in [0.3, 0.4) is 0 Å². The Kier molecular flexibility index (Phi) is 4.81. The van der Waals surface area contributed by atoms with Gasteiger partial charge in [0, 0.05) is 0 Å². The van der Waals surface area contributed by atoms with Gasteiger partial charge in [0.1, 0.15) is 29.0 Å². The summed E-state index contributed by atoms with van der Waals surface area (Å²) in [5.41, 5.74) is -0.228. The summed E-state index contributed by atoms with van der Waals surface area (Å²) in [7, 11) is -3.91. The highest BCUT2D eigenvalue weighted by Gasteiger charge is 2.15. The average Bonchev–Trinajstić information content (AvgIpc) is 2.60. The smallest absolute Gasteiger partial charge is 0.261 e. The molecule has 1 aromatic heterocycles. The van der Waals surface area contributed by atoms with Crippen molar-refractivity contribution in [2.75, 3.05) is 10.0 Å². The maximum atomic E-state index is 13.6. The van der Waals surface area contributed by atoms with Crippen molar-refractivity contribution in [1.29, 1.82) is 0 Å². The Labute approximate surface area is 147 Å². The third-order valence-corrected chi connectivity index (χ3v) is 4.75. The van der Waals surface area contributed by atoms with E-state index in [0.717, 1.165) is 36.4 Å². The third kappa shape index (κ3) is 3.94. The quantitative estimate of drug-likeness (QED) is 0.702. The van der Waals surface area contributed by atoms with Gasteiger partial charge in [-0.05, 0) is 48.5 Å². The van der Waals surface area contributed by atoms with Gasteiger partial charge in [0.05, 0.1) is 16.8 Å². The van der Waals surface area contributed by atoms with Crippen molar-refractivity contribution < 1.29 is 21.6 Å². The van der Waals surface area contributed by atoms with Gasteiger partial charge in [-0.2, -0.15) is 0 Å². The van der Waals surface area contributed by atoms with E-state index in [-0.39, 0.29) is 22.1 Å². The molecule has 0 saturated heterocycles. The predicted molar refractivity (Wildman–Crippen MR) is 91.1 cm³/mol. The molecule has 2 N–H and O–H groups in total. The molecule has 0 fully saturated rings. The average molecular weight is 379 g/mol. The Morgan fingerprint density at radius 1 is 0.846 bits per heavy atom. The first kappa shape index (κ1) is 17.7. The second-order valence-corrected chi connectivity index (χ2v) is 6.90. The number of hydrogen-bond acceptors (Lipinski definition) is 4. The van der Waals surface area contributed by atoms with Crippen LogP contribution in [0.1, 0.15) is 0 Å². The normalized spacial score (nSPS) is 11.2. The second-order valence-electron chi connectivity index (χ2n) is 5.21. The number of halogens is 3. The molecule has 0 spiro atoms. The van der Waals surface area contributed by atoms with Crippen molar-refractivity contribution in [3.8, 4) is 0 Å². The Bertz CT molecular complexity index is 1000. The molecule has 0 aliphatic carbocycles. The minimum Gasteiger partial charge on any atom is -0.335 e. The molecule has 134 valence electrons. The highest BCUT2D eigenvalue weighted by molar-refractivity contribution is 7.92. The van der Waals surface area contributed by atoms with E-state index in [2.05, 4.69) is 15.0 Å². The number of rotatable bonds is 5. The molecule has 2 aromatic carbocycles. The standard InChI is InChI=1S/C17H12F3N3O2S/c18-11-4-7-13(8-5-11)26(24,25)23-12-6-9-16(21-10-12)22-17-14(19)2-1-3-15(17)20/h1-10,23H,(H,21,22). The molecular formula is C17H12F3N3O2S. The lowest BCUT2D eigenvalue weighted by Gasteiger charge is -2.10. The highest BCUT2D eigenvalue weighted by atomic mass is 32.2. The zero-order valence-electron chi connectivity index (χ0n) is 13.1. The van der Waals surface area contributed by atoms with Crippen molar-refractivity contribution in [3.05, 3.63) is 78.2 Å². The molecule has 0 unspecified atom stereocenters. The molecule has 0 aliphatic rings. The van der Waals surface area contributed by atoms with Crippen LogP contribution < -0.4 is 10.0 Å². The van der Waals surface area contributed by atoms with Crippen LogP contribution in [0, 0.1) is 17.5 Å². The molecule has 3 rings (SSSR count). The van der Waals surface area contributed by atoms with Crippen LogP contribution in [0.5, 0.6) is 0 Å². The van der Waals surface area contributed by atoms with Crippen LogP contribution in [0.2, 0.25) is 0 Å². The van der Waals surface area contributed by atoms with Gasteiger partial charge in [0.15, 0.2) is 0 Å². The van der Waals surface area contributed by atoms with Crippen LogP contribution >= 0.6 is 0 Å². The SMILES string of the molecule is O=S(=O)(Nc1ccc(Nc2c(F)cccc2F)nc1)c1ccc(F)cc1. The molecule has 26 heavy (non-hydrogen) atoms. The first-order valence-corrected chi connectivity index (χ1v) is 8.79. The summed E-state index contributed by atoms with van der Waals surface area (Å²) in [5.74, 6) is -2.00. The summed E-state index contributed by atoms with van der Waals surface area (Å²) in [4.78, 5) is 3.80.